The average molecular weight is 395 g/mol. The third-order valence-electron chi connectivity index (χ3n) is 4.38. The maximum Gasteiger partial charge on any atom is 0.254 e. The fraction of sp³-hybridized carbons (Fsp3) is 0.412. The summed E-state index contributed by atoms with van der Waals surface area (Å²) in [6.07, 6.45) is 1.48. The van der Waals surface area contributed by atoms with Gasteiger partial charge in [-0.3, -0.25) is 24.3 Å². The standard InChI is InChI=1S/C17H19ClN4O3S/c18-12-5-1-2-6-13(12)22-14(23)8-20-17(22)26-10-15(24)21-7-3-4-11(9-21)16(19)25/h1-2,5-6,11H,3-4,7-10H2,(H2,19,25)/t11-/m0/s1. The summed E-state index contributed by atoms with van der Waals surface area (Å²) in [6, 6.07) is 7.02. The fourth-order valence-corrected chi connectivity index (χ4v) is 4.16. The minimum absolute atomic E-state index is 0.0369. The van der Waals surface area contributed by atoms with Gasteiger partial charge in [-0.15, -0.1) is 0 Å². The van der Waals surface area contributed by atoms with Gasteiger partial charge in [-0.2, -0.15) is 0 Å². The van der Waals surface area contributed by atoms with Gasteiger partial charge in [0, 0.05) is 13.1 Å². The molecule has 0 bridgehead atoms. The van der Waals surface area contributed by atoms with Crippen molar-refractivity contribution in [2.45, 2.75) is 12.8 Å². The second-order valence-corrected chi connectivity index (χ2v) is 7.50. The molecule has 2 aliphatic rings. The van der Waals surface area contributed by atoms with Crippen molar-refractivity contribution >= 4 is 51.9 Å². The van der Waals surface area contributed by atoms with Crippen molar-refractivity contribution in [3.05, 3.63) is 29.3 Å². The zero-order chi connectivity index (χ0) is 18.7. The molecule has 9 heteroatoms. The lowest BCUT2D eigenvalue weighted by Gasteiger charge is -2.31. The number of amides is 3. The molecule has 0 spiro atoms. The van der Waals surface area contributed by atoms with Gasteiger partial charge in [0.25, 0.3) is 5.91 Å². The third-order valence-corrected chi connectivity index (χ3v) is 5.67. The maximum atomic E-state index is 12.5. The Morgan fingerprint density at radius 1 is 1.35 bits per heavy atom. The summed E-state index contributed by atoms with van der Waals surface area (Å²) in [5.41, 5.74) is 5.91. The second kappa shape index (κ2) is 8.09. The number of carbonyl (C=O) groups is 3. The van der Waals surface area contributed by atoms with Crippen molar-refractivity contribution in [3.63, 3.8) is 0 Å². The van der Waals surface area contributed by atoms with E-state index < -0.39 is 0 Å². The van der Waals surface area contributed by atoms with E-state index in [2.05, 4.69) is 4.99 Å². The molecule has 3 rings (SSSR count). The van der Waals surface area contributed by atoms with Crippen LogP contribution in [0.5, 0.6) is 0 Å². The Morgan fingerprint density at radius 3 is 2.85 bits per heavy atom. The minimum atomic E-state index is -0.370. The number of rotatable bonds is 4. The molecule has 0 unspecified atom stereocenters. The number of hydrogen-bond acceptors (Lipinski definition) is 5. The van der Waals surface area contributed by atoms with E-state index in [9.17, 15) is 14.4 Å². The lowest BCUT2D eigenvalue weighted by molar-refractivity contribution is -0.132. The van der Waals surface area contributed by atoms with Gasteiger partial charge in [0.1, 0.15) is 6.54 Å². The highest BCUT2D eigenvalue weighted by atomic mass is 35.5. The Bertz CT molecular complexity index is 770. The Hall–Kier alpha value is -2.06. The number of aliphatic imine (C=N–C) groups is 1. The van der Waals surface area contributed by atoms with Crippen molar-refractivity contribution < 1.29 is 14.4 Å². The topological polar surface area (TPSA) is 96.1 Å². The molecule has 0 aromatic heterocycles. The van der Waals surface area contributed by atoms with Crippen LogP contribution in [-0.2, 0) is 14.4 Å². The number of amidine groups is 1. The van der Waals surface area contributed by atoms with Gasteiger partial charge in [0.05, 0.1) is 22.4 Å². The molecule has 26 heavy (non-hydrogen) atoms. The molecule has 3 amide bonds. The first-order valence-corrected chi connectivity index (χ1v) is 9.65. The molecule has 0 radical (unpaired) electrons. The summed E-state index contributed by atoms with van der Waals surface area (Å²) < 4.78 is 0. The summed E-state index contributed by atoms with van der Waals surface area (Å²) >= 11 is 7.39. The fourth-order valence-electron chi connectivity index (χ4n) is 3.02. The summed E-state index contributed by atoms with van der Waals surface area (Å²) in [5.74, 6) is -0.797. The van der Waals surface area contributed by atoms with Gasteiger partial charge in [-0.05, 0) is 25.0 Å². The summed E-state index contributed by atoms with van der Waals surface area (Å²) in [4.78, 5) is 43.4. The average Bonchev–Trinajstić information content (AvgIpc) is 3.00. The first-order valence-electron chi connectivity index (χ1n) is 8.29. The zero-order valence-corrected chi connectivity index (χ0v) is 15.6. The number of nitrogens with two attached hydrogens (primary N) is 1. The summed E-state index contributed by atoms with van der Waals surface area (Å²) in [5, 5.41) is 0.905. The van der Waals surface area contributed by atoms with Crippen LogP contribution in [0.2, 0.25) is 5.02 Å². The number of halogens is 1. The van der Waals surface area contributed by atoms with Gasteiger partial charge >= 0.3 is 0 Å². The molecular weight excluding hydrogens is 376 g/mol. The minimum Gasteiger partial charge on any atom is -0.369 e. The van der Waals surface area contributed by atoms with E-state index in [1.807, 2.05) is 0 Å². The number of para-hydroxylation sites is 1. The molecule has 1 fully saturated rings. The van der Waals surface area contributed by atoms with E-state index in [1.54, 1.807) is 29.2 Å². The molecule has 138 valence electrons. The van der Waals surface area contributed by atoms with Gasteiger partial charge in [0.15, 0.2) is 5.17 Å². The lowest BCUT2D eigenvalue weighted by Crippen LogP contribution is -2.45. The zero-order valence-electron chi connectivity index (χ0n) is 14.1. The molecule has 2 N–H and O–H groups in total. The normalized spacial score (nSPS) is 20.3. The predicted molar refractivity (Wildman–Crippen MR) is 102 cm³/mol. The molecule has 2 aliphatic heterocycles. The highest BCUT2D eigenvalue weighted by Crippen LogP contribution is 2.30. The number of hydrogen-bond donors (Lipinski definition) is 1. The van der Waals surface area contributed by atoms with Crippen molar-refractivity contribution in [2.24, 2.45) is 16.6 Å². The maximum absolute atomic E-state index is 12.5. The molecule has 1 aromatic rings. The molecule has 1 saturated heterocycles. The first-order chi connectivity index (χ1) is 12.5. The second-order valence-electron chi connectivity index (χ2n) is 6.15. The smallest absolute Gasteiger partial charge is 0.254 e. The van der Waals surface area contributed by atoms with Gasteiger partial charge in [-0.25, -0.2) is 0 Å². The third kappa shape index (κ3) is 4.02. The number of piperidine rings is 1. The van der Waals surface area contributed by atoms with Gasteiger partial charge < -0.3 is 10.6 Å². The SMILES string of the molecule is NC(=O)[C@H]1CCCN(C(=O)CSC2=NCC(=O)N2c2ccccc2Cl)C1. The summed E-state index contributed by atoms with van der Waals surface area (Å²) in [6.45, 7) is 1.01. The van der Waals surface area contributed by atoms with Crippen LogP contribution in [0.4, 0.5) is 5.69 Å². The van der Waals surface area contributed by atoms with E-state index in [-0.39, 0.29) is 35.9 Å². The van der Waals surface area contributed by atoms with Crippen molar-refractivity contribution in [2.75, 3.05) is 30.3 Å². The summed E-state index contributed by atoms with van der Waals surface area (Å²) in [7, 11) is 0. The van der Waals surface area contributed by atoms with Crippen LogP contribution in [0.3, 0.4) is 0 Å². The molecule has 0 saturated carbocycles. The van der Waals surface area contributed by atoms with Crippen LogP contribution in [0.1, 0.15) is 12.8 Å². The molecular formula is C17H19ClN4O3S. The quantitative estimate of drug-likeness (QED) is 0.836. The largest absolute Gasteiger partial charge is 0.369 e. The number of anilines is 1. The van der Waals surface area contributed by atoms with Gasteiger partial charge in [0.2, 0.25) is 11.8 Å². The molecule has 7 nitrogen and oxygen atoms in total. The van der Waals surface area contributed by atoms with Crippen molar-refractivity contribution in [3.8, 4) is 0 Å². The highest BCUT2D eigenvalue weighted by Gasteiger charge is 2.31. The van der Waals surface area contributed by atoms with Crippen molar-refractivity contribution in [1.29, 1.82) is 0 Å². The van der Waals surface area contributed by atoms with Crippen LogP contribution in [0, 0.1) is 5.92 Å². The van der Waals surface area contributed by atoms with E-state index in [0.717, 1.165) is 6.42 Å². The number of likely N-dealkylation sites (tertiary alicyclic amines) is 1. The number of carbonyl (C=O) groups excluding carboxylic acids is 3. The van der Waals surface area contributed by atoms with Crippen LogP contribution >= 0.6 is 23.4 Å². The Kier molecular flexibility index (Phi) is 5.83. The molecule has 1 aromatic carbocycles. The van der Waals surface area contributed by atoms with E-state index in [0.29, 0.717) is 35.4 Å². The Morgan fingerprint density at radius 2 is 2.12 bits per heavy atom. The number of thioether (sulfide) groups is 1. The monoisotopic (exact) mass is 394 g/mol. The van der Waals surface area contributed by atoms with E-state index in [1.165, 1.54) is 16.7 Å². The van der Waals surface area contributed by atoms with Crippen molar-refractivity contribution in [1.82, 2.24) is 4.90 Å². The number of nitrogens with zero attached hydrogens (tertiary/aromatic N) is 3. The van der Waals surface area contributed by atoms with Crippen LogP contribution < -0.4 is 10.6 Å². The number of benzene rings is 1. The predicted octanol–water partition coefficient (Wildman–Crippen LogP) is 1.50. The molecule has 0 aliphatic carbocycles. The molecule has 1 atom stereocenters. The van der Waals surface area contributed by atoms with Crippen LogP contribution in [0.15, 0.2) is 29.3 Å². The Labute approximate surface area is 160 Å². The van der Waals surface area contributed by atoms with E-state index >= 15 is 0 Å². The van der Waals surface area contributed by atoms with Gasteiger partial charge in [-0.1, -0.05) is 35.5 Å². The lowest BCUT2D eigenvalue weighted by atomic mass is 9.97. The Balaban J connectivity index is 1.63. The van der Waals surface area contributed by atoms with Crippen LogP contribution in [-0.4, -0.2) is 53.2 Å². The highest BCUT2D eigenvalue weighted by molar-refractivity contribution is 8.14. The van der Waals surface area contributed by atoms with E-state index in [4.69, 9.17) is 17.3 Å². The first kappa shape index (κ1) is 18.7. The van der Waals surface area contributed by atoms with Crippen LogP contribution in [0.25, 0.3) is 0 Å². The number of primary amides is 1. The molecule has 2 heterocycles.